The number of benzene rings is 2. The van der Waals surface area contributed by atoms with E-state index in [1.807, 2.05) is 12.1 Å². The Morgan fingerprint density at radius 3 is 2.37 bits per heavy atom. The maximum Gasteiger partial charge on any atom is 0.328 e. The summed E-state index contributed by atoms with van der Waals surface area (Å²) >= 11 is 0. The van der Waals surface area contributed by atoms with Crippen LogP contribution >= 0.6 is 0 Å². The number of nitrogens with one attached hydrogen (secondary N) is 1. The van der Waals surface area contributed by atoms with Gasteiger partial charge in [0, 0.05) is 12.0 Å². The first-order chi connectivity index (χ1) is 12.7. The second-order valence-electron chi connectivity index (χ2n) is 7.39. The molecule has 0 fully saturated rings. The molecule has 140 valence electrons. The summed E-state index contributed by atoms with van der Waals surface area (Å²) in [5.74, 6) is -0.876. The SMILES string of the molecule is COC(=O)[C@H](Cc1cccc(C#N)c1)NC(=O)c1ccc(C(C)(C)C)cc1. The normalized spacial score (nSPS) is 12.0. The Kier molecular flexibility index (Phi) is 6.36. The van der Waals surface area contributed by atoms with E-state index in [-0.39, 0.29) is 17.7 Å². The van der Waals surface area contributed by atoms with Gasteiger partial charge >= 0.3 is 5.97 Å². The first-order valence-electron chi connectivity index (χ1n) is 8.73. The van der Waals surface area contributed by atoms with Crippen LogP contribution in [0.1, 0.15) is 47.8 Å². The fourth-order valence-corrected chi connectivity index (χ4v) is 2.70. The molecule has 1 amide bonds. The minimum Gasteiger partial charge on any atom is -0.467 e. The van der Waals surface area contributed by atoms with E-state index >= 15 is 0 Å². The lowest BCUT2D eigenvalue weighted by atomic mass is 9.86. The zero-order valence-electron chi connectivity index (χ0n) is 16.1. The van der Waals surface area contributed by atoms with Crippen molar-refractivity contribution in [2.45, 2.75) is 38.6 Å². The van der Waals surface area contributed by atoms with Crippen LogP contribution < -0.4 is 5.32 Å². The van der Waals surface area contributed by atoms with Crippen LogP contribution in [0.5, 0.6) is 0 Å². The summed E-state index contributed by atoms with van der Waals surface area (Å²) in [6.07, 6.45) is 0.244. The average molecular weight is 364 g/mol. The molecule has 0 aliphatic carbocycles. The Morgan fingerprint density at radius 1 is 1.15 bits per heavy atom. The Bertz CT molecular complexity index is 858. The van der Waals surface area contributed by atoms with Crippen molar-refractivity contribution in [3.63, 3.8) is 0 Å². The van der Waals surface area contributed by atoms with Gasteiger partial charge in [-0.2, -0.15) is 5.26 Å². The third-order valence-electron chi connectivity index (χ3n) is 4.30. The summed E-state index contributed by atoms with van der Waals surface area (Å²) in [4.78, 5) is 24.7. The van der Waals surface area contributed by atoms with Gasteiger partial charge in [-0.15, -0.1) is 0 Å². The molecule has 0 heterocycles. The molecule has 0 bridgehead atoms. The van der Waals surface area contributed by atoms with Crippen molar-refractivity contribution in [3.8, 4) is 6.07 Å². The van der Waals surface area contributed by atoms with E-state index in [1.54, 1.807) is 36.4 Å². The maximum atomic E-state index is 12.6. The lowest BCUT2D eigenvalue weighted by Crippen LogP contribution is -2.43. The molecule has 0 spiro atoms. The van der Waals surface area contributed by atoms with Crippen molar-refractivity contribution >= 4 is 11.9 Å². The number of nitriles is 1. The molecule has 0 radical (unpaired) electrons. The zero-order valence-corrected chi connectivity index (χ0v) is 16.1. The monoisotopic (exact) mass is 364 g/mol. The smallest absolute Gasteiger partial charge is 0.328 e. The lowest BCUT2D eigenvalue weighted by Gasteiger charge is -2.20. The lowest BCUT2D eigenvalue weighted by molar-refractivity contribution is -0.142. The standard InChI is InChI=1S/C22H24N2O3/c1-22(2,3)18-10-8-17(9-11-18)20(25)24-19(21(26)27-4)13-15-6-5-7-16(12-15)14-23/h5-12,19H,13H2,1-4H3,(H,24,25)/t19-/m0/s1. The van der Waals surface area contributed by atoms with E-state index in [4.69, 9.17) is 10.00 Å². The number of ether oxygens (including phenoxy) is 1. The van der Waals surface area contributed by atoms with Crippen LogP contribution in [0.2, 0.25) is 0 Å². The Morgan fingerprint density at radius 2 is 1.81 bits per heavy atom. The van der Waals surface area contributed by atoms with Crippen molar-refractivity contribution in [3.05, 3.63) is 70.8 Å². The first kappa shape index (κ1) is 20.2. The molecule has 2 aromatic rings. The summed E-state index contributed by atoms with van der Waals surface area (Å²) in [6, 6.07) is 15.5. The predicted octanol–water partition coefficient (Wildman–Crippen LogP) is 3.37. The molecular weight excluding hydrogens is 340 g/mol. The van der Waals surface area contributed by atoms with Crippen LogP contribution in [0.3, 0.4) is 0 Å². The average Bonchev–Trinajstić information content (AvgIpc) is 2.66. The van der Waals surface area contributed by atoms with Gasteiger partial charge in [-0.1, -0.05) is 45.0 Å². The van der Waals surface area contributed by atoms with E-state index in [9.17, 15) is 9.59 Å². The van der Waals surface area contributed by atoms with Gasteiger partial charge < -0.3 is 10.1 Å². The number of rotatable bonds is 5. The Balaban J connectivity index is 2.16. The van der Waals surface area contributed by atoms with E-state index in [1.165, 1.54) is 7.11 Å². The number of amides is 1. The van der Waals surface area contributed by atoms with Crippen LogP contribution in [-0.2, 0) is 21.4 Å². The van der Waals surface area contributed by atoms with Crippen LogP contribution in [0.15, 0.2) is 48.5 Å². The van der Waals surface area contributed by atoms with Crippen molar-refractivity contribution < 1.29 is 14.3 Å². The highest BCUT2D eigenvalue weighted by Gasteiger charge is 2.23. The Hall–Kier alpha value is -3.13. The highest BCUT2D eigenvalue weighted by atomic mass is 16.5. The minimum absolute atomic E-state index is 0.00465. The van der Waals surface area contributed by atoms with E-state index in [0.29, 0.717) is 11.1 Å². The van der Waals surface area contributed by atoms with E-state index < -0.39 is 12.0 Å². The number of methoxy groups -OCH3 is 1. The van der Waals surface area contributed by atoms with Crippen molar-refractivity contribution in [2.75, 3.05) is 7.11 Å². The van der Waals surface area contributed by atoms with Crippen molar-refractivity contribution in [2.24, 2.45) is 0 Å². The molecule has 27 heavy (non-hydrogen) atoms. The maximum absolute atomic E-state index is 12.6. The van der Waals surface area contributed by atoms with Gasteiger partial charge in [-0.3, -0.25) is 4.79 Å². The van der Waals surface area contributed by atoms with Gasteiger partial charge in [0.2, 0.25) is 0 Å². The number of carbonyl (C=O) groups is 2. The molecule has 0 unspecified atom stereocenters. The molecule has 1 N–H and O–H groups in total. The minimum atomic E-state index is -0.835. The molecule has 2 rings (SSSR count). The quantitative estimate of drug-likeness (QED) is 0.825. The molecule has 0 saturated carbocycles. The molecule has 0 aliphatic heterocycles. The number of esters is 1. The van der Waals surface area contributed by atoms with Crippen LogP contribution in [-0.4, -0.2) is 25.0 Å². The fourth-order valence-electron chi connectivity index (χ4n) is 2.70. The first-order valence-corrected chi connectivity index (χ1v) is 8.73. The zero-order chi connectivity index (χ0) is 20.0. The third-order valence-corrected chi connectivity index (χ3v) is 4.30. The molecule has 0 aromatic heterocycles. The number of carbonyl (C=O) groups excluding carboxylic acids is 2. The molecular formula is C22H24N2O3. The van der Waals surface area contributed by atoms with Crippen molar-refractivity contribution in [1.29, 1.82) is 5.26 Å². The highest BCUT2D eigenvalue weighted by molar-refractivity contribution is 5.96. The van der Waals surface area contributed by atoms with E-state index in [2.05, 4.69) is 32.2 Å². The molecule has 0 aliphatic rings. The number of hydrogen-bond acceptors (Lipinski definition) is 4. The van der Waals surface area contributed by atoms with Gasteiger partial charge in [0.25, 0.3) is 5.91 Å². The van der Waals surface area contributed by atoms with E-state index in [0.717, 1.165) is 11.1 Å². The van der Waals surface area contributed by atoms with Crippen molar-refractivity contribution in [1.82, 2.24) is 5.32 Å². The summed E-state index contributed by atoms with van der Waals surface area (Å²) in [6.45, 7) is 6.31. The number of hydrogen-bond donors (Lipinski definition) is 1. The molecule has 5 heteroatoms. The summed E-state index contributed by atoms with van der Waals surface area (Å²) in [5.41, 5.74) is 2.86. The van der Waals surface area contributed by atoms with Crippen LogP contribution in [0, 0.1) is 11.3 Å². The van der Waals surface area contributed by atoms with Gasteiger partial charge in [-0.05, 0) is 40.8 Å². The molecule has 5 nitrogen and oxygen atoms in total. The van der Waals surface area contributed by atoms with Gasteiger partial charge in [0.15, 0.2) is 0 Å². The van der Waals surface area contributed by atoms with Gasteiger partial charge in [-0.25, -0.2) is 4.79 Å². The summed E-state index contributed by atoms with van der Waals surface area (Å²) in [5, 5.41) is 11.7. The topological polar surface area (TPSA) is 79.2 Å². The second kappa shape index (κ2) is 8.50. The molecule has 0 saturated heterocycles. The molecule has 1 atom stereocenters. The fraction of sp³-hybridized carbons (Fsp3) is 0.318. The van der Waals surface area contributed by atoms with Crippen LogP contribution in [0.25, 0.3) is 0 Å². The summed E-state index contributed by atoms with van der Waals surface area (Å²) < 4.78 is 4.82. The Labute approximate surface area is 160 Å². The predicted molar refractivity (Wildman–Crippen MR) is 103 cm³/mol. The van der Waals surface area contributed by atoms with Gasteiger partial charge in [0.1, 0.15) is 6.04 Å². The van der Waals surface area contributed by atoms with Gasteiger partial charge in [0.05, 0.1) is 18.7 Å². The van der Waals surface area contributed by atoms with Crippen LogP contribution in [0.4, 0.5) is 0 Å². The number of nitrogens with zero attached hydrogens (tertiary/aromatic N) is 1. The highest BCUT2D eigenvalue weighted by Crippen LogP contribution is 2.22. The molecule has 2 aromatic carbocycles. The second-order valence-corrected chi connectivity index (χ2v) is 7.39. The third kappa shape index (κ3) is 5.42. The largest absolute Gasteiger partial charge is 0.467 e. The summed E-state index contributed by atoms with van der Waals surface area (Å²) in [7, 11) is 1.28.